The second kappa shape index (κ2) is 11.0. The number of sulfone groups is 1. The van der Waals surface area contributed by atoms with Crippen molar-refractivity contribution in [2.75, 3.05) is 12.9 Å². The summed E-state index contributed by atoms with van der Waals surface area (Å²) in [6.07, 6.45) is 20.2. The number of carbonyl (C=O) groups is 2. The predicted molar refractivity (Wildman–Crippen MR) is 142 cm³/mol. The Balaban J connectivity index is 0.00000156. The van der Waals surface area contributed by atoms with Crippen molar-refractivity contribution in [1.29, 1.82) is 0 Å². The molecule has 4 aliphatic carbocycles. The van der Waals surface area contributed by atoms with E-state index >= 15 is 0 Å². The first-order valence-electron chi connectivity index (χ1n) is 13.4. The topological polar surface area (TPSA) is 86.7 Å². The van der Waals surface area contributed by atoms with E-state index in [1.807, 2.05) is 6.08 Å². The standard InChI is InChI=1S/C28H36O6S.C2H2/c1-3-28-15-14-23-22-11-5-19(29)16-18(22)4-10-24(23)25(28)12-13-26(28)34-27(30)17-33-20-6-8-21(9-7-20)35(2,31)32;1-2/h6-9,16,22-26H,3-5,10-15,17H2,1-2H3;1-2H. The molecular weight excluding hydrogens is 488 g/mol. The Morgan fingerprint density at radius 2 is 1.76 bits per heavy atom. The van der Waals surface area contributed by atoms with E-state index in [4.69, 9.17) is 9.47 Å². The molecule has 1 aromatic carbocycles. The number of hydrogen-bond acceptors (Lipinski definition) is 6. The molecular formula is C30H38O6S. The molecule has 3 fully saturated rings. The Bertz CT molecular complexity index is 1160. The number of rotatable bonds is 6. The number of terminal acetylenes is 1. The highest BCUT2D eigenvalue weighted by atomic mass is 32.2. The number of allylic oxidation sites excluding steroid dienone is 1. The molecule has 6 atom stereocenters. The van der Waals surface area contributed by atoms with Gasteiger partial charge in [-0.2, -0.15) is 0 Å². The van der Waals surface area contributed by atoms with E-state index in [-0.39, 0.29) is 29.0 Å². The minimum atomic E-state index is -3.27. The van der Waals surface area contributed by atoms with E-state index in [2.05, 4.69) is 19.8 Å². The molecule has 0 aliphatic heterocycles. The van der Waals surface area contributed by atoms with Crippen molar-refractivity contribution in [2.24, 2.45) is 29.1 Å². The molecule has 0 amide bonds. The van der Waals surface area contributed by atoms with Gasteiger partial charge in [-0.25, -0.2) is 13.2 Å². The van der Waals surface area contributed by atoms with Gasteiger partial charge in [0.15, 0.2) is 22.2 Å². The fourth-order valence-electron chi connectivity index (χ4n) is 7.90. The van der Waals surface area contributed by atoms with Gasteiger partial charge in [0.1, 0.15) is 11.9 Å². The summed E-state index contributed by atoms with van der Waals surface area (Å²) in [5.74, 6) is 2.86. The van der Waals surface area contributed by atoms with Crippen molar-refractivity contribution in [3.63, 3.8) is 0 Å². The first-order valence-corrected chi connectivity index (χ1v) is 15.3. The molecule has 0 bridgehead atoms. The summed E-state index contributed by atoms with van der Waals surface area (Å²) in [6, 6.07) is 6.09. The normalized spacial score (nSPS) is 32.5. The summed E-state index contributed by atoms with van der Waals surface area (Å²) in [5.41, 5.74) is 1.44. The summed E-state index contributed by atoms with van der Waals surface area (Å²) < 4.78 is 34.9. The van der Waals surface area contributed by atoms with Crippen LogP contribution in [0.3, 0.4) is 0 Å². The number of hydrogen-bond donors (Lipinski definition) is 0. The Labute approximate surface area is 221 Å². The van der Waals surface area contributed by atoms with Gasteiger partial charge in [0.2, 0.25) is 0 Å². The quantitative estimate of drug-likeness (QED) is 0.376. The van der Waals surface area contributed by atoms with E-state index < -0.39 is 9.84 Å². The highest BCUT2D eigenvalue weighted by Gasteiger charge is 2.58. The number of fused-ring (bicyclic) bond motifs is 5. The maximum Gasteiger partial charge on any atom is 0.344 e. The Kier molecular flexibility index (Phi) is 8.18. The van der Waals surface area contributed by atoms with E-state index in [1.54, 1.807) is 12.1 Å². The SMILES string of the molecule is C#C.CCC12CCC3C4CCC(=O)C=C4CCC3C1CCC2OC(=O)COc1ccc(S(C)(=O)=O)cc1. The van der Waals surface area contributed by atoms with Crippen LogP contribution in [0.15, 0.2) is 40.8 Å². The highest BCUT2D eigenvalue weighted by molar-refractivity contribution is 7.90. The zero-order valence-electron chi connectivity index (χ0n) is 21.9. The van der Waals surface area contributed by atoms with Crippen molar-refractivity contribution < 1.29 is 27.5 Å². The molecule has 1 aromatic rings. The molecule has 0 aromatic heterocycles. The Morgan fingerprint density at radius 3 is 2.43 bits per heavy atom. The van der Waals surface area contributed by atoms with Crippen LogP contribution in [0, 0.1) is 41.9 Å². The molecule has 0 radical (unpaired) electrons. The molecule has 6 unspecified atom stereocenters. The first kappa shape index (κ1) is 27.4. The number of esters is 1. The third-order valence-electron chi connectivity index (χ3n) is 9.48. The molecule has 5 rings (SSSR count). The molecule has 200 valence electrons. The molecule has 4 aliphatic rings. The van der Waals surface area contributed by atoms with E-state index in [0.717, 1.165) is 57.6 Å². The number of ketones is 1. The van der Waals surface area contributed by atoms with E-state index in [9.17, 15) is 18.0 Å². The smallest absolute Gasteiger partial charge is 0.344 e. The average molecular weight is 527 g/mol. The molecule has 6 nitrogen and oxygen atoms in total. The van der Waals surface area contributed by atoms with Crippen LogP contribution >= 0.6 is 0 Å². The summed E-state index contributed by atoms with van der Waals surface area (Å²) in [4.78, 5) is 24.9. The lowest BCUT2D eigenvalue weighted by Gasteiger charge is -2.54. The van der Waals surface area contributed by atoms with Gasteiger partial charge < -0.3 is 9.47 Å². The summed E-state index contributed by atoms with van der Waals surface area (Å²) in [6.45, 7) is 2.06. The van der Waals surface area contributed by atoms with Gasteiger partial charge in [-0.1, -0.05) is 12.5 Å². The lowest BCUT2D eigenvalue weighted by Crippen LogP contribution is -2.49. The average Bonchev–Trinajstić information content (AvgIpc) is 3.26. The molecule has 0 saturated heterocycles. The van der Waals surface area contributed by atoms with Crippen LogP contribution in [0.5, 0.6) is 5.75 Å². The minimum Gasteiger partial charge on any atom is -0.482 e. The first-order chi connectivity index (χ1) is 17.7. The fourth-order valence-corrected chi connectivity index (χ4v) is 8.53. The number of benzene rings is 1. The maximum atomic E-state index is 12.8. The van der Waals surface area contributed by atoms with Crippen LogP contribution in [0.1, 0.15) is 64.7 Å². The van der Waals surface area contributed by atoms with Crippen LogP contribution in [0.4, 0.5) is 0 Å². The van der Waals surface area contributed by atoms with E-state index in [0.29, 0.717) is 41.6 Å². The Morgan fingerprint density at radius 1 is 1.03 bits per heavy atom. The molecule has 0 heterocycles. The monoisotopic (exact) mass is 526 g/mol. The van der Waals surface area contributed by atoms with Crippen molar-refractivity contribution in [3.05, 3.63) is 35.9 Å². The zero-order chi connectivity index (χ0) is 26.8. The molecule has 0 spiro atoms. The van der Waals surface area contributed by atoms with Crippen molar-refractivity contribution in [3.8, 4) is 18.6 Å². The zero-order valence-corrected chi connectivity index (χ0v) is 22.7. The van der Waals surface area contributed by atoms with Gasteiger partial charge in [0, 0.05) is 18.1 Å². The van der Waals surface area contributed by atoms with Gasteiger partial charge in [0.05, 0.1) is 4.90 Å². The van der Waals surface area contributed by atoms with Gasteiger partial charge >= 0.3 is 5.97 Å². The summed E-state index contributed by atoms with van der Waals surface area (Å²) in [7, 11) is -3.27. The van der Waals surface area contributed by atoms with E-state index in [1.165, 1.54) is 17.7 Å². The highest BCUT2D eigenvalue weighted by Crippen LogP contribution is 2.63. The lowest BCUT2D eigenvalue weighted by molar-refractivity contribution is -0.163. The maximum absolute atomic E-state index is 12.8. The second-order valence-electron chi connectivity index (χ2n) is 11.0. The van der Waals surface area contributed by atoms with Crippen molar-refractivity contribution in [2.45, 2.75) is 75.7 Å². The van der Waals surface area contributed by atoms with Gasteiger partial charge in [-0.3, -0.25) is 4.79 Å². The van der Waals surface area contributed by atoms with Crippen LogP contribution in [0.2, 0.25) is 0 Å². The van der Waals surface area contributed by atoms with Crippen molar-refractivity contribution >= 4 is 21.6 Å². The molecule has 37 heavy (non-hydrogen) atoms. The minimum absolute atomic E-state index is 0.0413. The largest absolute Gasteiger partial charge is 0.482 e. The molecule has 0 N–H and O–H groups in total. The molecule has 3 saturated carbocycles. The van der Waals surface area contributed by atoms with Gasteiger partial charge in [-0.05, 0) is 105 Å². The van der Waals surface area contributed by atoms with Gasteiger partial charge in [-0.15, -0.1) is 12.8 Å². The third-order valence-corrected chi connectivity index (χ3v) is 10.6. The van der Waals surface area contributed by atoms with Crippen LogP contribution in [-0.2, 0) is 24.2 Å². The Hall–Kier alpha value is -2.59. The van der Waals surface area contributed by atoms with Crippen LogP contribution in [0.25, 0.3) is 0 Å². The predicted octanol–water partition coefficient (Wildman–Crippen LogP) is 5.16. The van der Waals surface area contributed by atoms with Crippen molar-refractivity contribution in [1.82, 2.24) is 0 Å². The number of ether oxygens (including phenoxy) is 2. The van der Waals surface area contributed by atoms with Gasteiger partial charge in [0.25, 0.3) is 0 Å². The summed E-state index contributed by atoms with van der Waals surface area (Å²) >= 11 is 0. The molecule has 7 heteroatoms. The second-order valence-corrected chi connectivity index (χ2v) is 13.0. The van der Waals surface area contributed by atoms with Crippen LogP contribution < -0.4 is 4.74 Å². The summed E-state index contributed by atoms with van der Waals surface area (Å²) in [5, 5.41) is 0. The number of carbonyl (C=O) groups excluding carboxylic acids is 2. The fraction of sp³-hybridized carbons (Fsp3) is 0.600. The van der Waals surface area contributed by atoms with Crippen LogP contribution in [-0.4, -0.2) is 39.1 Å². The lowest BCUT2D eigenvalue weighted by atomic mass is 9.51. The third kappa shape index (κ3) is 5.36.